The van der Waals surface area contributed by atoms with Crippen molar-refractivity contribution in [1.29, 1.82) is 0 Å². The highest BCUT2D eigenvalue weighted by atomic mass is 35.5. The molecule has 0 unspecified atom stereocenters. The summed E-state index contributed by atoms with van der Waals surface area (Å²) >= 11 is 12.2. The van der Waals surface area contributed by atoms with Crippen molar-refractivity contribution < 1.29 is 23.2 Å². The summed E-state index contributed by atoms with van der Waals surface area (Å²) < 4.78 is 19.4. The Bertz CT molecular complexity index is 1270. The van der Waals surface area contributed by atoms with Gasteiger partial charge in [0.05, 0.1) is 10.7 Å². The normalized spacial score (nSPS) is 14.7. The third-order valence-corrected chi connectivity index (χ3v) is 5.08. The molecule has 1 saturated heterocycles. The number of urea groups is 1. The number of amides is 4. The van der Waals surface area contributed by atoms with Gasteiger partial charge >= 0.3 is 6.03 Å². The van der Waals surface area contributed by atoms with Gasteiger partial charge in [-0.25, -0.2) is 14.1 Å². The molecule has 2 aromatic carbocycles. The summed E-state index contributed by atoms with van der Waals surface area (Å²) in [6, 6.07) is 12.9. The van der Waals surface area contributed by atoms with Crippen molar-refractivity contribution in [2.24, 2.45) is 0 Å². The second-order valence-electron chi connectivity index (χ2n) is 6.73. The molecule has 1 aliphatic heterocycles. The van der Waals surface area contributed by atoms with Gasteiger partial charge in [0.15, 0.2) is 0 Å². The zero-order chi connectivity index (χ0) is 22.8. The number of nitrogens with one attached hydrogen (secondary N) is 2. The van der Waals surface area contributed by atoms with E-state index in [0.29, 0.717) is 26.3 Å². The standard InChI is InChI=1S/C22H14Cl2FN3O4/c23-12-5-7-15(24)14(9-12)19-8-6-13(32-19)10-18-21(30)28(22(31)27-18)11-20(29)26-17-4-2-1-3-16(17)25/h1-10H,11H2,(H,26,29)(H,27,31)/b18-10+. The second-order valence-corrected chi connectivity index (χ2v) is 7.58. The molecule has 3 aromatic rings. The molecule has 7 nitrogen and oxygen atoms in total. The van der Waals surface area contributed by atoms with Crippen molar-refractivity contribution in [1.82, 2.24) is 10.2 Å². The molecular weight excluding hydrogens is 460 g/mol. The monoisotopic (exact) mass is 473 g/mol. The second kappa shape index (κ2) is 8.86. The predicted octanol–water partition coefficient (Wildman–Crippen LogP) is 4.92. The molecule has 4 amide bonds. The summed E-state index contributed by atoms with van der Waals surface area (Å²) in [7, 11) is 0. The van der Waals surface area contributed by atoms with Gasteiger partial charge in [0.25, 0.3) is 5.91 Å². The summed E-state index contributed by atoms with van der Waals surface area (Å²) in [6.45, 7) is -0.585. The molecule has 32 heavy (non-hydrogen) atoms. The van der Waals surface area contributed by atoms with Gasteiger partial charge in [-0.15, -0.1) is 0 Å². The maximum atomic E-state index is 13.7. The van der Waals surface area contributed by atoms with Crippen molar-refractivity contribution in [3.63, 3.8) is 0 Å². The first kappa shape index (κ1) is 21.6. The number of carbonyl (C=O) groups is 3. The van der Waals surface area contributed by atoms with Crippen LogP contribution in [-0.4, -0.2) is 29.3 Å². The molecule has 1 aromatic heterocycles. The highest BCUT2D eigenvalue weighted by Crippen LogP contribution is 2.32. The first-order chi connectivity index (χ1) is 15.3. The minimum Gasteiger partial charge on any atom is -0.457 e. The van der Waals surface area contributed by atoms with Crippen molar-refractivity contribution >= 4 is 52.8 Å². The van der Waals surface area contributed by atoms with Gasteiger partial charge in [-0.3, -0.25) is 9.59 Å². The van der Waals surface area contributed by atoms with Crippen LogP contribution in [0, 0.1) is 5.82 Å². The van der Waals surface area contributed by atoms with Crippen LogP contribution in [0.3, 0.4) is 0 Å². The SMILES string of the molecule is O=C(CN1C(=O)N/C(=C/c2ccc(-c3cc(Cl)ccc3Cl)o2)C1=O)Nc1ccccc1F. The van der Waals surface area contributed by atoms with E-state index in [0.717, 1.165) is 0 Å². The average molecular weight is 474 g/mol. The molecule has 0 spiro atoms. The summed E-state index contributed by atoms with van der Waals surface area (Å²) in [4.78, 5) is 37.7. The molecule has 0 bridgehead atoms. The molecule has 1 aliphatic rings. The number of hydrogen-bond acceptors (Lipinski definition) is 4. The fourth-order valence-corrected chi connectivity index (χ4v) is 3.40. The number of imide groups is 1. The van der Waals surface area contributed by atoms with Gasteiger partial charge in [0, 0.05) is 16.7 Å². The summed E-state index contributed by atoms with van der Waals surface area (Å²) in [5.74, 6) is -1.39. The van der Waals surface area contributed by atoms with Crippen LogP contribution in [0.4, 0.5) is 14.9 Å². The number of furan rings is 1. The van der Waals surface area contributed by atoms with Gasteiger partial charge in [-0.05, 0) is 42.5 Å². The minimum atomic E-state index is -0.783. The molecule has 4 rings (SSSR count). The van der Waals surface area contributed by atoms with E-state index in [1.54, 1.807) is 36.4 Å². The maximum absolute atomic E-state index is 13.7. The number of carbonyl (C=O) groups excluding carboxylic acids is 3. The van der Waals surface area contributed by atoms with E-state index in [4.69, 9.17) is 27.6 Å². The van der Waals surface area contributed by atoms with E-state index < -0.39 is 30.2 Å². The lowest BCUT2D eigenvalue weighted by atomic mass is 10.2. The Morgan fingerprint density at radius 3 is 2.69 bits per heavy atom. The zero-order valence-electron chi connectivity index (χ0n) is 16.2. The summed E-state index contributed by atoms with van der Waals surface area (Å²) in [6.07, 6.45) is 1.33. The topological polar surface area (TPSA) is 91.7 Å². The molecular formula is C22H14Cl2FN3O4. The summed E-state index contributed by atoms with van der Waals surface area (Å²) in [5, 5.41) is 5.62. The van der Waals surface area contributed by atoms with Gasteiger partial charge in [-0.2, -0.15) is 0 Å². The van der Waals surface area contributed by atoms with Crippen LogP contribution in [0.1, 0.15) is 5.76 Å². The van der Waals surface area contributed by atoms with Gasteiger partial charge in [0.1, 0.15) is 29.6 Å². The Morgan fingerprint density at radius 1 is 1.12 bits per heavy atom. The molecule has 10 heteroatoms. The van der Waals surface area contributed by atoms with Crippen molar-refractivity contribution in [2.45, 2.75) is 0 Å². The number of rotatable bonds is 5. The quantitative estimate of drug-likeness (QED) is 0.406. The zero-order valence-corrected chi connectivity index (χ0v) is 17.7. The van der Waals surface area contributed by atoms with Crippen LogP contribution in [-0.2, 0) is 9.59 Å². The van der Waals surface area contributed by atoms with E-state index in [2.05, 4.69) is 10.6 Å². The molecule has 2 heterocycles. The fourth-order valence-electron chi connectivity index (χ4n) is 3.01. The van der Waals surface area contributed by atoms with Crippen LogP contribution < -0.4 is 10.6 Å². The third kappa shape index (κ3) is 4.51. The summed E-state index contributed by atoms with van der Waals surface area (Å²) in [5.41, 5.74) is 0.437. The van der Waals surface area contributed by atoms with E-state index in [-0.39, 0.29) is 17.1 Å². The number of nitrogens with zero attached hydrogens (tertiary/aromatic N) is 1. The number of anilines is 1. The first-order valence-electron chi connectivity index (χ1n) is 9.26. The van der Waals surface area contributed by atoms with Crippen LogP contribution in [0.2, 0.25) is 10.0 Å². The largest absolute Gasteiger partial charge is 0.457 e. The van der Waals surface area contributed by atoms with Crippen LogP contribution in [0.25, 0.3) is 17.4 Å². The van der Waals surface area contributed by atoms with E-state index in [1.165, 1.54) is 24.3 Å². The van der Waals surface area contributed by atoms with Gasteiger partial charge < -0.3 is 15.1 Å². The third-order valence-electron chi connectivity index (χ3n) is 4.52. The highest BCUT2D eigenvalue weighted by Gasteiger charge is 2.35. The van der Waals surface area contributed by atoms with Crippen LogP contribution in [0.5, 0.6) is 0 Å². The lowest BCUT2D eigenvalue weighted by Crippen LogP contribution is -2.38. The van der Waals surface area contributed by atoms with Crippen molar-refractivity contribution in [2.75, 3.05) is 11.9 Å². The van der Waals surface area contributed by atoms with E-state index in [1.807, 2.05) is 0 Å². The lowest BCUT2D eigenvalue weighted by molar-refractivity contribution is -0.127. The van der Waals surface area contributed by atoms with Crippen LogP contribution >= 0.6 is 23.2 Å². The molecule has 0 saturated carbocycles. The van der Waals surface area contributed by atoms with Crippen molar-refractivity contribution in [3.8, 4) is 11.3 Å². The molecule has 162 valence electrons. The Labute approximate surface area is 191 Å². The number of hydrogen-bond donors (Lipinski definition) is 2. The lowest BCUT2D eigenvalue weighted by Gasteiger charge is -2.12. The molecule has 0 radical (unpaired) electrons. The van der Waals surface area contributed by atoms with E-state index in [9.17, 15) is 18.8 Å². The maximum Gasteiger partial charge on any atom is 0.329 e. The first-order valence-corrected chi connectivity index (χ1v) is 10.0. The molecule has 0 atom stereocenters. The Balaban J connectivity index is 1.48. The average Bonchev–Trinajstić information content (AvgIpc) is 3.32. The fraction of sp³-hybridized carbons (Fsp3) is 0.0455. The Hall–Kier alpha value is -3.62. The van der Waals surface area contributed by atoms with Gasteiger partial charge in [0.2, 0.25) is 5.91 Å². The number of halogens is 3. The molecule has 1 fully saturated rings. The smallest absolute Gasteiger partial charge is 0.329 e. The van der Waals surface area contributed by atoms with Crippen LogP contribution in [0.15, 0.2) is 64.7 Å². The Kier molecular flexibility index (Phi) is 5.98. The molecule has 2 N–H and O–H groups in total. The van der Waals surface area contributed by atoms with Crippen molar-refractivity contribution in [3.05, 3.63) is 81.9 Å². The van der Waals surface area contributed by atoms with Gasteiger partial charge in [-0.1, -0.05) is 35.3 Å². The number of para-hydroxylation sites is 1. The number of benzene rings is 2. The Morgan fingerprint density at radius 2 is 1.91 bits per heavy atom. The predicted molar refractivity (Wildman–Crippen MR) is 117 cm³/mol. The molecule has 0 aliphatic carbocycles. The van der Waals surface area contributed by atoms with E-state index >= 15 is 0 Å². The highest BCUT2D eigenvalue weighted by molar-refractivity contribution is 6.35. The minimum absolute atomic E-state index is 0.0527.